The first kappa shape index (κ1) is 10.3. The third kappa shape index (κ3) is 1.67. The van der Waals surface area contributed by atoms with Crippen molar-refractivity contribution >= 4 is 28.5 Å². The maximum Gasteiger partial charge on any atom is 0.140 e. The zero-order valence-electron chi connectivity index (χ0n) is 9.06. The van der Waals surface area contributed by atoms with Gasteiger partial charge in [0.15, 0.2) is 0 Å². The minimum absolute atomic E-state index is 0.0660. The highest BCUT2D eigenvalue weighted by atomic mass is 35.5. The summed E-state index contributed by atoms with van der Waals surface area (Å²) in [6, 6.07) is 2.04. The predicted molar refractivity (Wildman–Crippen MR) is 64.2 cm³/mol. The smallest absolute Gasteiger partial charge is 0.140 e. The van der Waals surface area contributed by atoms with E-state index in [4.69, 9.17) is 17.3 Å². The molecule has 0 amide bonds. The predicted octanol–water partition coefficient (Wildman–Crippen LogP) is 3.10. The normalized spacial score (nSPS) is 12.3. The number of nitrogens with two attached hydrogens (primary N) is 1. The number of hydrogen-bond donors (Lipinski definition) is 2. The first-order valence-electron chi connectivity index (χ1n) is 4.83. The van der Waals surface area contributed by atoms with Crippen LogP contribution in [-0.2, 0) is 5.41 Å². The molecule has 2 rings (SSSR count). The molecule has 0 aliphatic rings. The Bertz CT molecular complexity index is 508. The van der Waals surface area contributed by atoms with Gasteiger partial charge in [0.1, 0.15) is 11.5 Å². The lowest BCUT2D eigenvalue weighted by Gasteiger charge is -2.18. The molecule has 2 aromatic heterocycles. The van der Waals surface area contributed by atoms with Crippen molar-refractivity contribution in [3.8, 4) is 0 Å². The van der Waals surface area contributed by atoms with E-state index in [0.29, 0.717) is 10.8 Å². The number of anilines is 1. The first-order valence-corrected chi connectivity index (χ1v) is 5.20. The molecule has 0 aliphatic heterocycles. The summed E-state index contributed by atoms with van der Waals surface area (Å²) in [7, 11) is 0. The zero-order valence-corrected chi connectivity index (χ0v) is 9.81. The van der Waals surface area contributed by atoms with E-state index in [-0.39, 0.29) is 5.41 Å². The van der Waals surface area contributed by atoms with E-state index in [2.05, 4.69) is 30.7 Å². The van der Waals surface area contributed by atoms with Gasteiger partial charge in [-0.15, -0.1) is 0 Å². The molecule has 0 atom stereocenters. The number of H-pyrrole nitrogens is 1. The van der Waals surface area contributed by atoms with Crippen molar-refractivity contribution in [3.63, 3.8) is 0 Å². The van der Waals surface area contributed by atoms with E-state index in [1.807, 2.05) is 12.3 Å². The SMILES string of the molecule is CC(C)(C)c1cnc2[nH]c(N)c(Cl)c2c1. The number of nitrogens with one attached hydrogen (secondary N) is 1. The van der Waals surface area contributed by atoms with Gasteiger partial charge >= 0.3 is 0 Å². The minimum Gasteiger partial charge on any atom is -0.384 e. The molecule has 15 heavy (non-hydrogen) atoms. The number of fused-ring (bicyclic) bond motifs is 1. The Hall–Kier alpha value is -1.22. The maximum absolute atomic E-state index is 6.07. The lowest BCUT2D eigenvalue weighted by Crippen LogP contribution is -2.11. The number of hydrogen-bond acceptors (Lipinski definition) is 2. The fraction of sp³-hybridized carbons (Fsp3) is 0.364. The molecule has 0 aromatic carbocycles. The molecule has 0 aliphatic carbocycles. The third-order valence-electron chi connectivity index (χ3n) is 2.48. The molecule has 0 bridgehead atoms. The molecule has 3 N–H and O–H groups in total. The van der Waals surface area contributed by atoms with Crippen LogP contribution in [0.3, 0.4) is 0 Å². The number of pyridine rings is 1. The fourth-order valence-electron chi connectivity index (χ4n) is 1.47. The molecule has 2 heterocycles. The molecule has 0 radical (unpaired) electrons. The molecule has 0 spiro atoms. The average Bonchev–Trinajstić information content (AvgIpc) is 2.41. The van der Waals surface area contributed by atoms with Crippen LogP contribution in [0.2, 0.25) is 5.02 Å². The molecule has 0 saturated heterocycles. The van der Waals surface area contributed by atoms with Crippen molar-refractivity contribution in [2.75, 3.05) is 5.73 Å². The van der Waals surface area contributed by atoms with Gasteiger partial charge in [-0.1, -0.05) is 32.4 Å². The lowest BCUT2D eigenvalue weighted by atomic mass is 9.88. The Morgan fingerprint density at radius 2 is 2.07 bits per heavy atom. The van der Waals surface area contributed by atoms with Gasteiger partial charge in [0.25, 0.3) is 0 Å². The summed E-state index contributed by atoms with van der Waals surface area (Å²) in [6.07, 6.45) is 1.86. The van der Waals surface area contributed by atoms with Crippen LogP contribution in [0.4, 0.5) is 5.82 Å². The number of aromatic nitrogens is 2. The van der Waals surface area contributed by atoms with E-state index >= 15 is 0 Å². The second kappa shape index (κ2) is 3.14. The molecular formula is C11H14ClN3. The zero-order chi connectivity index (χ0) is 11.2. The first-order chi connectivity index (χ1) is 6.89. The molecule has 2 aromatic rings. The summed E-state index contributed by atoms with van der Waals surface area (Å²) in [5, 5.41) is 1.45. The van der Waals surface area contributed by atoms with E-state index in [1.165, 1.54) is 0 Å². The molecule has 4 heteroatoms. The Balaban J connectivity index is 2.70. The number of aromatic amines is 1. The van der Waals surface area contributed by atoms with Crippen molar-refractivity contribution in [3.05, 3.63) is 22.8 Å². The molecule has 80 valence electrons. The Kier molecular flexibility index (Phi) is 2.15. The van der Waals surface area contributed by atoms with Crippen LogP contribution in [0.1, 0.15) is 26.3 Å². The van der Waals surface area contributed by atoms with Crippen LogP contribution in [0.25, 0.3) is 11.0 Å². The van der Waals surface area contributed by atoms with Crippen molar-refractivity contribution < 1.29 is 0 Å². The Morgan fingerprint density at radius 1 is 1.40 bits per heavy atom. The van der Waals surface area contributed by atoms with Crippen molar-refractivity contribution in [1.82, 2.24) is 9.97 Å². The summed E-state index contributed by atoms with van der Waals surface area (Å²) in [4.78, 5) is 7.25. The van der Waals surface area contributed by atoms with Crippen molar-refractivity contribution in [2.24, 2.45) is 0 Å². The highest BCUT2D eigenvalue weighted by molar-refractivity contribution is 6.38. The monoisotopic (exact) mass is 223 g/mol. The molecular weight excluding hydrogens is 210 g/mol. The van der Waals surface area contributed by atoms with Crippen molar-refractivity contribution in [1.29, 1.82) is 0 Å². The number of rotatable bonds is 0. The van der Waals surface area contributed by atoms with Gasteiger partial charge in [0.2, 0.25) is 0 Å². The van der Waals surface area contributed by atoms with Gasteiger partial charge < -0.3 is 10.7 Å². The van der Waals surface area contributed by atoms with Gasteiger partial charge in [-0.25, -0.2) is 4.98 Å². The summed E-state index contributed by atoms with van der Waals surface area (Å²) >= 11 is 6.07. The van der Waals surface area contributed by atoms with Gasteiger partial charge in [-0.3, -0.25) is 0 Å². The van der Waals surface area contributed by atoms with E-state index < -0.39 is 0 Å². The van der Waals surface area contributed by atoms with Gasteiger partial charge in [0.05, 0.1) is 5.02 Å². The molecule has 0 saturated carbocycles. The van der Waals surface area contributed by atoms with Gasteiger partial charge in [0, 0.05) is 11.6 Å². The standard InChI is InChI=1S/C11H14ClN3/c1-11(2,3)6-4-7-8(12)9(13)15-10(7)14-5-6/h4-5H,13H2,1-3H3,(H,14,15). The Labute approximate surface area is 93.6 Å². The number of nitrogen functional groups attached to an aromatic ring is 1. The number of nitrogens with zero attached hydrogens (tertiary/aromatic N) is 1. The van der Waals surface area contributed by atoms with Crippen molar-refractivity contribution in [2.45, 2.75) is 26.2 Å². The maximum atomic E-state index is 6.07. The Morgan fingerprint density at radius 3 is 2.67 bits per heavy atom. The van der Waals surface area contributed by atoms with Crippen LogP contribution in [0.5, 0.6) is 0 Å². The largest absolute Gasteiger partial charge is 0.384 e. The summed E-state index contributed by atoms with van der Waals surface area (Å²) in [6.45, 7) is 6.42. The molecule has 3 nitrogen and oxygen atoms in total. The second-order valence-electron chi connectivity index (χ2n) is 4.72. The van der Waals surface area contributed by atoms with Gasteiger partial charge in [-0.2, -0.15) is 0 Å². The van der Waals surface area contributed by atoms with Crippen LogP contribution >= 0.6 is 11.6 Å². The summed E-state index contributed by atoms with van der Waals surface area (Å²) < 4.78 is 0. The second-order valence-corrected chi connectivity index (χ2v) is 5.10. The van der Waals surface area contributed by atoms with Crippen LogP contribution in [0.15, 0.2) is 12.3 Å². The highest BCUT2D eigenvalue weighted by Gasteiger charge is 2.16. The van der Waals surface area contributed by atoms with E-state index in [0.717, 1.165) is 16.6 Å². The number of halogens is 1. The topological polar surface area (TPSA) is 54.7 Å². The lowest BCUT2D eigenvalue weighted by molar-refractivity contribution is 0.588. The van der Waals surface area contributed by atoms with Crippen LogP contribution in [-0.4, -0.2) is 9.97 Å². The minimum atomic E-state index is 0.0660. The highest BCUT2D eigenvalue weighted by Crippen LogP contribution is 2.31. The summed E-state index contributed by atoms with van der Waals surface area (Å²) in [5.74, 6) is 0.477. The molecule has 0 unspecified atom stereocenters. The van der Waals surface area contributed by atoms with E-state index in [9.17, 15) is 0 Å². The molecule has 0 fully saturated rings. The fourth-order valence-corrected chi connectivity index (χ4v) is 1.66. The van der Waals surface area contributed by atoms with E-state index in [1.54, 1.807) is 0 Å². The quantitative estimate of drug-likeness (QED) is 0.721. The van der Waals surface area contributed by atoms with Crippen LogP contribution < -0.4 is 5.73 Å². The van der Waals surface area contributed by atoms with Gasteiger partial charge in [-0.05, 0) is 17.0 Å². The average molecular weight is 224 g/mol. The summed E-state index contributed by atoms with van der Waals surface area (Å²) in [5.41, 5.74) is 7.64. The van der Waals surface area contributed by atoms with Crippen LogP contribution in [0, 0.1) is 0 Å². The third-order valence-corrected chi connectivity index (χ3v) is 2.89.